The van der Waals surface area contributed by atoms with Gasteiger partial charge in [0.05, 0.1) is 5.02 Å². The molecule has 2 aromatic rings. The molecule has 1 unspecified atom stereocenters. The molecule has 0 amide bonds. The van der Waals surface area contributed by atoms with Crippen molar-refractivity contribution in [1.82, 2.24) is 4.57 Å². The summed E-state index contributed by atoms with van der Waals surface area (Å²) in [7, 11) is 0. The maximum atomic E-state index is 13.0. The summed E-state index contributed by atoms with van der Waals surface area (Å²) < 4.78 is 15.1. The van der Waals surface area contributed by atoms with Gasteiger partial charge in [-0.25, -0.2) is 4.39 Å². The number of nitrogens with zero attached hydrogens (tertiary/aromatic N) is 1. The van der Waals surface area contributed by atoms with Crippen LogP contribution in [0.3, 0.4) is 0 Å². The van der Waals surface area contributed by atoms with E-state index in [2.05, 4.69) is 6.92 Å². The van der Waals surface area contributed by atoms with Gasteiger partial charge in [0.25, 0.3) is 0 Å². The third-order valence-corrected chi connectivity index (χ3v) is 3.28. The first-order valence-electron chi connectivity index (χ1n) is 5.95. The van der Waals surface area contributed by atoms with Crippen molar-refractivity contribution >= 4 is 11.6 Å². The quantitative estimate of drug-likeness (QED) is 0.898. The average Bonchev–Trinajstić information content (AvgIpc) is 2.81. The van der Waals surface area contributed by atoms with Crippen molar-refractivity contribution in [3.05, 3.63) is 58.6 Å². The van der Waals surface area contributed by atoms with Gasteiger partial charge in [-0.15, -0.1) is 0 Å². The van der Waals surface area contributed by atoms with Crippen LogP contribution in [0.5, 0.6) is 0 Å². The molecule has 1 heterocycles. The van der Waals surface area contributed by atoms with Gasteiger partial charge in [-0.2, -0.15) is 0 Å². The molecule has 0 aliphatic heterocycles. The zero-order valence-electron chi connectivity index (χ0n) is 10.2. The van der Waals surface area contributed by atoms with Crippen LogP contribution in [0.2, 0.25) is 5.02 Å². The average molecular weight is 267 g/mol. The van der Waals surface area contributed by atoms with Crippen molar-refractivity contribution < 1.29 is 4.39 Å². The second-order valence-corrected chi connectivity index (χ2v) is 4.79. The standard InChI is InChI=1S/C14H16ClFN2/c1-2-14(17)11-5-6-18(9-11)8-10-3-4-13(16)12(15)7-10/h3-7,9,14H,2,8,17H2,1H3. The summed E-state index contributed by atoms with van der Waals surface area (Å²) in [6, 6.07) is 6.86. The minimum Gasteiger partial charge on any atom is -0.350 e. The van der Waals surface area contributed by atoms with Crippen LogP contribution in [0.25, 0.3) is 0 Å². The molecule has 0 fully saturated rings. The summed E-state index contributed by atoms with van der Waals surface area (Å²) >= 11 is 5.75. The molecule has 0 radical (unpaired) electrons. The lowest BCUT2D eigenvalue weighted by molar-refractivity contribution is 0.626. The maximum absolute atomic E-state index is 13.0. The van der Waals surface area contributed by atoms with Gasteiger partial charge < -0.3 is 10.3 Å². The Kier molecular flexibility index (Phi) is 4.04. The topological polar surface area (TPSA) is 30.9 Å². The number of benzene rings is 1. The molecular formula is C14H16ClFN2. The monoisotopic (exact) mass is 266 g/mol. The van der Waals surface area contributed by atoms with E-state index in [0.29, 0.717) is 6.54 Å². The SMILES string of the molecule is CCC(N)c1ccn(Cc2ccc(F)c(Cl)c2)c1. The van der Waals surface area contributed by atoms with Crippen LogP contribution in [0.15, 0.2) is 36.7 Å². The molecule has 0 aliphatic carbocycles. The molecule has 0 saturated carbocycles. The minimum atomic E-state index is -0.387. The van der Waals surface area contributed by atoms with Crippen molar-refractivity contribution in [2.24, 2.45) is 5.73 Å². The molecule has 0 spiro atoms. The van der Waals surface area contributed by atoms with Gasteiger partial charge in [0.1, 0.15) is 5.82 Å². The maximum Gasteiger partial charge on any atom is 0.141 e. The van der Waals surface area contributed by atoms with Gasteiger partial charge in [-0.05, 0) is 35.7 Å². The number of nitrogens with two attached hydrogens (primary N) is 1. The molecule has 4 heteroatoms. The molecule has 1 aromatic carbocycles. The first kappa shape index (κ1) is 13.1. The number of hydrogen-bond acceptors (Lipinski definition) is 1. The highest BCUT2D eigenvalue weighted by Crippen LogP contribution is 2.18. The number of halogens is 2. The Labute approximate surface area is 111 Å². The fraction of sp³-hybridized carbons (Fsp3) is 0.286. The molecular weight excluding hydrogens is 251 g/mol. The third kappa shape index (κ3) is 2.92. The van der Waals surface area contributed by atoms with E-state index < -0.39 is 0 Å². The third-order valence-electron chi connectivity index (χ3n) is 2.99. The van der Waals surface area contributed by atoms with Crippen LogP contribution in [-0.4, -0.2) is 4.57 Å². The van der Waals surface area contributed by atoms with E-state index in [4.69, 9.17) is 17.3 Å². The predicted molar refractivity (Wildman–Crippen MR) is 72.2 cm³/mol. The first-order valence-corrected chi connectivity index (χ1v) is 6.33. The Balaban J connectivity index is 2.13. The zero-order valence-corrected chi connectivity index (χ0v) is 11.0. The van der Waals surface area contributed by atoms with Crippen LogP contribution < -0.4 is 5.73 Å². The molecule has 18 heavy (non-hydrogen) atoms. The molecule has 1 aromatic heterocycles. The largest absolute Gasteiger partial charge is 0.350 e. The minimum absolute atomic E-state index is 0.0723. The van der Waals surface area contributed by atoms with Crippen LogP contribution in [0.1, 0.15) is 30.5 Å². The summed E-state index contributed by atoms with van der Waals surface area (Å²) in [5, 5.41) is 0.158. The van der Waals surface area contributed by atoms with Crippen LogP contribution in [-0.2, 0) is 6.54 Å². The lowest BCUT2D eigenvalue weighted by atomic mass is 10.1. The summed E-state index contributed by atoms with van der Waals surface area (Å²) in [4.78, 5) is 0. The second-order valence-electron chi connectivity index (χ2n) is 4.38. The summed E-state index contributed by atoms with van der Waals surface area (Å²) in [5.74, 6) is -0.387. The smallest absolute Gasteiger partial charge is 0.141 e. The Morgan fingerprint density at radius 3 is 2.83 bits per heavy atom. The molecule has 0 aliphatic rings. The highest BCUT2D eigenvalue weighted by atomic mass is 35.5. The van der Waals surface area contributed by atoms with Gasteiger partial charge in [0.15, 0.2) is 0 Å². The van der Waals surface area contributed by atoms with Crippen molar-refractivity contribution in [1.29, 1.82) is 0 Å². The molecule has 0 saturated heterocycles. The van der Waals surface area contributed by atoms with Gasteiger partial charge in [-0.3, -0.25) is 0 Å². The Hall–Kier alpha value is -1.32. The van der Waals surface area contributed by atoms with E-state index in [9.17, 15) is 4.39 Å². The number of aromatic nitrogens is 1. The second kappa shape index (κ2) is 5.55. The number of hydrogen-bond donors (Lipinski definition) is 1. The Bertz CT molecular complexity index is 536. The van der Waals surface area contributed by atoms with E-state index >= 15 is 0 Å². The van der Waals surface area contributed by atoms with Gasteiger partial charge >= 0.3 is 0 Å². The van der Waals surface area contributed by atoms with Crippen molar-refractivity contribution in [3.8, 4) is 0 Å². The zero-order chi connectivity index (χ0) is 13.1. The molecule has 2 rings (SSSR count). The molecule has 0 bridgehead atoms. The normalized spacial score (nSPS) is 12.7. The van der Waals surface area contributed by atoms with E-state index in [1.54, 1.807) is 12.1 Å². The fourth-order valence-corrected chi connectivity index (χ4v) is 2.06. The highest BCUT2D eigenvalue weighted by molar-refractivity contribution is 6.30. The van der Waals surface area contributed by atoms with E-state index in [1.807, 2.05) is 23.0 Å². The Morgan fingerprint density at radius 1 is 1.39 bits per heavy atom. The Morgan fingerprint density at radius 2 is 2.17 bits per heavy atom. The number of rotatable bonds is 4. The first-order chi connectivity index (χ1) is 8.60. The molecule has 2 N–H and O–H groups in total. The molecule has 2 nitrogen and oxygen atoms in total. The van der Waals surface area contributed by atoms with Crippen molar-refractivity contribution in [2.75, 3.05) is 0 Å². The van der Waals surface area contributed by atoms with Crippen LogP contribution in [0, 0.1) is 5.82 Å². The fourth-order valence-electron chi connectivity index (χ4n) is 1.86. The van der Waals surface area contributed by atoms with Gasteiger partial charge in [0.2, 0.25) is 0 Å². The summed E-state index contributed by atoms with van der Waals surface area (Å²) in [6.07, 6.45) is 4.90. The summed E-state index contributed by atoms with van der Waals surface area (Å²) in [5.41, 5.74) is 8.04. The van der Waals surface area contributed by atoms with Crippen molar-refractivity contribution in [2.45, 2.75) is 25.9 Å². The van der Waals surface area contributed by atoms with Gasteiger partial charge in [0, 0.05) is 25.0 Å². The van der Waals surface area contributed by atoms with E-state index in [-0.39, 0.29) is 16.9 Å². The van der Waals surface area contributed by atoms with Crippen LogP contribution >= 0.6 is 11.6 Å². The van der Waals surface area contributed by atoms with E-state index in [1.165, 1.54) is 6.07 Å². The van der Waals surface area contributed by atoms with Crippen molar-refractivity contribution in [3.63, 3.8) is 0 Å². The molecule has 1 atom stereocenters. The lowest BCUT2D eigenvalue weighted by Gasteiger charge is -2.06. The predicted octanol–water partition coefficient (Wildman–Crippen LogP) is 3.74. The van der Waals surface area contributed by atoms with E-state index in [0.717, 1.165) is 17.5 Å². The summed E-state index contributed by atoms with van der Waals surface area (Å²) in [6.45, 7) is 2.72. The highest BCUT2D eigenvalue weighted by Gasteiger charge is 2.06. The van der Waals surface area contributed by atoms with Gasteiger partial charge in [-0.1, -0.05) is 24.6 Å². The van der Waals surface area contributed by atoms with Crippen LogP contribution in [0.4, 0.5) is 4.39 Å². The molecule has 96 valence electrons. The lowest BCUT2D eigenvalue weighted by Crippen LogP contribution is -2.07.